The van der Waals surface area contributed by atoms with E-state index in [2.05, 4.69) is 15.1 Å². The normalized spacial score (nSPS) is 38.5. The monoisotopic (exact) mass is 263 g/mol. The Kier molecular flexibility index (Phi) is 3.55. The van der Waals surface area contributed by atoms with Gasteiger partial charge in [0.1, 0.15) is 0 Å². The highest BCUT2D eigenvalue weighted by atomic mass is 15.2. The molecule has 4 rings (SSSR count). The van der Waals surface area contributed by atoms with Crippen LogP contribution in [0.4, 0.5) is 0 Å². The molecule has 3 heteroatoms. The largest absolute Gasteiger partial charge is 0.311 e. The molecule has 0 aromatic heterocycles. The molecular formula is C16H29N3. The number of piperidine rings is 2. The van der Waals surface area contributed by atoms with Gasteiger partial charge >= 0.3 is 0 Å². The Morgan fingerprint density at radius 1 is 0.632 bits per heavy atom. The zero-order chi connectivity index (χ0) is 12.7. The van der Waals surface area contributed by atoms with Crippen molar-refractivity contribution in [3.63, 3.8) is 0 Å². The molecule has 0 amide bonds. The molecule has 0 aromatic carbocycles. The van der Waals surface area contributed by atoms with Crippen molar-refractivity contribution < 1.29 is 0 Å². The van der Waals surface area contributed by atoms with Gasteiger partial charge in [-0.15, -0.1) is 0 Å². The van der Waals surface area contributed by atoms with Crippen molar-refractivity contribution in [2.45, 2.75) is 75.5 Å². The van der Waals surface area contributed by atoms with E-state index in [-0.39, 0.29) is 0 Å². The van der Waals surface area contributed by atoms with E-state index in [1.165, 1.54) is 77.5 Å². The number of nitrogens with one attached hydrogen (secondary N) is 1. The summed E-state index contributed by atoms with van der Waals surface area (Å²) in [6, 6.07) is 3.52. The lowest BCUT2D eigenvalue weighted by atomic mass is 9.95. The second-order valence-electron chi connectivity index (χ2n) is 7.26. The second kappa shape index (κ2) is 5.34. The zero-order valence-electron chi connectivity index (χ0n) is 12.2. The summed E-state index contributed by atoms with van der Waals surface area (Å²) >= 11 is 0. The van der Waals surface area contributed by atoms with Gasteiger partial charge in [0.05, 0.1) is 0 Å². The standard InChI is InChI=1S/C16H29N3/c1-2-16-12-14(7-11-18(16)8-1)17-13-5-9-19(10-6-13)15-3-4-15/h13-17H,1-12H2. The molecule has 108 valence electrons. The van der Waals surface area contributed by atoms with Crippen LogP contribution < -0.4 is 5.32 Å². The molecule has 19 heavy (non-hydrogen) atoms. The van der Waals surface area contributed by atoms with E-state index in [1.807, 2.05) is 0 Å². The van der Waals surface area contributed by atoms with E-state index < -0.39 is 0 Å². The molecule has 0 spiro atoms. The predicted octanol–water partition coefficient (Wildman–Crippen LogP) is 1.83. The van der Waals surface area contributed by atoms with Gasteiger partial charge in [-0.3, -0.25) is 0 Å². The topological polar surface area (TPSA) is 18.5 Å². The fraction of sp³-hybridized carbons (Fsp3) is 1.00. The Balaban J connectivity index is 1.23. The molecule has 1 N–H and O–H groups in total. The van der Waals surface area contributed by atoms with Gasteiger partial charge in [-0.1, -0.05) is 0 Å². The Labute approximate surface area is 117 Å². The maximum atomic E-state index is 4.00. The lowest BCUT2D eigenvalue weighted by molar-refractivity contribution is 0.139. The van der Waals surface area contributed by atoms with Gasteiger partial charge in [0.25, 0.3) is 0 Å². The molecule has 4 fully saturated rings. The van der Waals surface area contributed by atoms with Crippen LogP contribution in [-0.2, 0) is 0 Å². The third-order valence-electron chi connectivity index (χ3n) is 5.88. The number of rotatable bonds is 3. The van der Waals surface area contributed by atoms with Crippen molar-refractivity contribution in [1.82, 2.24) is 15.1 Å². The van der Waals surface area contributed by atoms with Crippen molar-refractivity contribution in [3.05, 3.63) is 0 Å². The summed E-state index contributed by atoms with van der Waals surface area (Å²) in [6.07, 6.45) is 11.4. The fourth-order valence-corrected chi connectivity index (χ4v) is 4.58. The van der Waals surface area contributed by atoms with Crippen molar-refractivity contribution >= 4 is 0 Å². The van der Waals surface area contributed by atoms with Gasteiger partial charge in [-0.05, 0) is 77.5 Å². The van der Waals surface area contributed by atoms with Crippen LogP contribution in [0.25, 0.3) is 0 Å². The summed E-state index contributed by atoms with van der Waals surface area (Å²) in [7, 11) is 0. The molecule has 2 atom stereocenters. The first-order chi connectivity index (χ1) is 9.38. The molecule has 0 radical (unpaired) electrons. The van der Waals surface area contributed by atoms with E-state index in [4.69, 9.17) is 0 Å². The van der Waals surface area contributed by atoms with Crippen molar-refractivity contribution in [2.75, 3.05) is 26.2 Å². The molecule has 1 aliphatic carbocycles. The number of fused-ring (bicyclic) bond motifs is 1. The first-order valence-corrected chi connectivity index (χ1v) is 8.62. The minimum absolute atomic E-state index is 0.813. The molecule has 2 unspecified atom stereocenters. The average Bonchev–Trinajstić information content (AvgIpc) is 3.18. The third kappa shape index (κ3) is 2.84. The summed E-state index contributed by atoms with van der Waals surface area (Å²) in [6.45, 7) is 5.43. The molecule has 3 heterocycles. The highest BCUT2D eigenvalue weighted by molar-refractivity contribution is 4.93. The average molecular weight is 263 g/mol. The predicted molar refractivity (Wildman–Crippen MR) is 78.4 cm³/mol. The highest BCUT2D eigenvalue weighted by Crippen LogP contribution is 2.30. The summed E-state index contributed by atoms with van der Waals surface area (Å²) in [5, 5.41) is 4.00. The lowest BCUT2D eigenvalue weighted by Gasteiger charge is -2.39. The highest BCUT2D eigenvalue weighted by Gasteiger charge is 2.34. The molecule has 3 aliphatic heterocycles. The van der Waals surface area contributed by atoms with Gasteiger partial charge < -0.3 is 15.1 Å². The number of nitrogens with zero attached hydrogens (tertiary/aromatic N) is 2. The molecule has 0 aromatic rings. The minimum atomic E-state index is 0.813. The van der Waals surface area contributed by atoms with Gasteiger partial charge in [-0.25, -0.2) is 0 Å². The lowest BCUT2D eigenvalue weighted by Crippen LogP contribution is -2.51. The van der Waals surface area contributed by atoms with Crippen molar-refractivity contribution in [1.29, 1.82) is 0 Å². The van der Waals surface area contributed by atoms with E-state index in [1.54, 1.807) is 0 Å². The van der Waals surface area contributed by atoms with Gasteiger partial charge in [0, 0.05) is 24.2 Å². The van der Waals surface area contributed by atoms with Crippen molar-refractivity contribution in [2.24, 2.45) is 0 Å². The maximum Gasteiger partial charge on any atom is 0.0111 e. The first-order valence-electron chi connectivity index (χ1n) is 8.62. The second-order valence-corrected chi connectivity index (χ2v) is 7.26. The van der Waals surface area contributed by atoms with Crippen LogP contribution >= 0.6 is 0 Å². The molecule has 3 nitrogen and oxygen atoms in total. The first kappa shape index (κ1) is 12.6. The Morgan fingerprint density at radius 3 is 2.05 bits per heavy atom. The van der Waals surface area contributed by atoms with Crippen LogP contribution in [0.15, 0.2) is 0 Å². The van der Waals surface area contributed by atoms with Crippen LogP contribution in [-0.4, -0.2) is 60.1 Å². The number of hydrogen-bond donors (Lipinski definition) is 1. The van der Waals surface area contributed by atoms with Crippen LogP contribution in [0, 0.1) is 0 Å². The number of likely N-dealkylation sites (tertiary alicyclic amines) is 1. The van der Waals surface area contributed by atoms with Crippen LogP contribution in [0.2, 0.25) is 0 Å². The van der Waals surface area contributed by atoms with E-state index in [0.717, 1.165) is 24.2 Å². The molecular weight excluding hydrogens is 234 g/mol. The summed E-state index contributed by atoms with van der Waals surface area (Å²) in [5.41, 5.74) is 0. The third-order valence-corrected chi connectivity index (χ3v) is 5.88. The summed E-state index contributed by atoms with van der Waals surface area (Å²) in [5.74, 6) is 0. The maximum absolute atomic E-state index is 4.00. The number of hydrogen-bond acceptors (Lipinski definition) is 3. The van der Waals surface area contributed by atoms with Gasteiger partial charge in [-0.2, -0.15) is 0 Å². The van der Waals surface area contributed by atoms with E-state index in [9.17, 15) is 0 Å². The fourth-order valence-electron chi connectivity index (χ4n) is 4.58. The van der Waals surface area contributed by atoms with E-state index in [0.29, 0.717) is 0 Å². The molecule has 3 saturated heterocycles. The van der Waals surface area contributed by atoms with Crippen LogP contribution in [0.5, 0.6) is 0 Å². The van der Waals surface area contributed by atoms with Crippen molar-refractivity contribution in [3.8, 4) is 0 Å². The van der Waals surface area contributed by atoms with Crippen LogP contribution in [0.1, 0.15) is 51.4 Å². The Morgan fingerprint density at radius 2 is 1.32 bits per heavy atom. The van der Waals surface area contributed by atoms with E-state index >= 15 is 0 Å². The Bertz CT molecular complexity index is 307. The molecule has 1 saturated carbocycles. The minimum Gasteiger partial charge on any atom is -0.311 e. The zero-order valence-corrected chi connectivity index (χ0v) is 12.2. The quantitative estimate of drug-likeness (QED) is 0.838. The van der Waals surface area contributed by atoms with Crippen LogP contribution in [0.3, 0.4) is 0 Å². The SMILES string of the molecule is C1CC2CC(NC3CCN(C4CC4)CC3)CCN2C1. The smallest absolute Gasteiger partial charge is 0.0111 e. The summed E-state index contributed by atoms with van der Waals surface area (Å²) < 4.78 is 0. The van der Waals surface area contributed by atoms with Gasteiger partial charge in [0.2, 0.25) is 0 Å². The Hall–Kier alpha value is -0.120. The molecule has 0 bridgehead atoms. The van der Waals surface area contributed by atoms with Gasteiger partial charge in [0.15, 0.2) is 0 Å². The molecule has 4 aliphatic rings. The summed E-state index contributed by atoms with van der Waals surface area (Å²) in [4.78, 5) is 5.46.